The number of ether oxygens (including phenoxy) is 1. The fourth-order valence-corrected chi connectivity index (χ4v) is 3.95. The van der Waals surface area contributed by atoms with Crippen molar-refractivity contribution in [3.8, 4) is 5.75 Å². The number of nitrogens with one attached hydrogen (secondary N) is 1. The third-order valence-corrected chi connectivity index (χ3v) is 4.63. The highest BCUT2D eigenvalue weighted by molar-refractivity contribution is 9.10. The van der Waals surface area contributed by atoms with Crippen LogP contribution in [0.5, 0.6) is 5.75 Å². The van der Waals surface area contributed by atoms with Crippen LogP contribution in [0.15, 0.2) is 10.5 Å². The maximum absolute atomic E-state index is 5.86. The van der Waals surface area contributed by atoms with Gasteiger partial charge in [-0.25, -0.2) is 0 Å². The van der Waals surface area contributed by atoms with Gasteiger partial charge in [-0.1, -0.05) is 22.9 Å². The van der Waals surface area contributed by atoms with E-state index in [1.165, 1.54) is 52.6 Å². The summed E-state index contributed by atoms with van der Waals surface area (Å²) in [4.78, 5) is 0. The zero-order chi connectivity index (χ0) is 12.5. The molecule has 0 aromatic heterocycles. The summed E-state index contributed by atoms with van der Waals surface area (Å²) in [6, 6.07) is 2.77. The summed E-state index contributed by atoms with van der Waals surface area (Å²) in [5.41, 5.74) is 4.30. The van der Waals surface area contributed by atoms with Crippen LogP contribution in [0, 0.1) is 0 Å². The van der Waals surface area contributed by atoms with Gasteiger partial charge in [0.05, 0.1) is 6.61 Å². The van der Waals surface area contributed by atoms with Gasteiger partial charge in [0.25, 0.3) is 0 Å². The zero-order valence-corrected chi connectivity index (χ0v) is 12.5. The number of rotatable bonds is 3. The van der Waals surface area contributed by atoms with Gasteiger partial charge < -0.3 is 10.1 Å². The lowest BCUT2D eigenvalue weighted by atomic mass is 9.85. The summed E-state index contributed by atoms with van der Waals surface area (Å²) in [5.74, 6) is 1.19. The minimum Gasteiger partial charge on any atom is -0.493 e. The van der Waals surface area contributed by atoms with Crippen molar-refractivity contribution in [1.29, 1.82) is 0 Å². The van der Waals surface area contributed by atoms with Gasteiger partial charge in [-0.2, -0.15) is 0 Å². The molecule has 0 fully saturated rings. The monoisotopic (exact) mass is 309 g/mol. The van der Waals surface area contributed by atoms with E-state index in [4.69, 9.17) is 4.74 Å². The molecule has 1 aliphatic carbocycles. The summed E-state index contributed by atoms with van der Waals surface area (Å²) in [5, 5.41) is 3.67. The summed E-state index contributed by atoms with van der Waals surface area (Å²) < 4.78 is 7.13. The molecule has 0 saturated carbocycles. The Kier molecular flexibility index (Phi) is 3.62. The van der Waals surface area contributed by atoms with Gasteiger partial charge in [-0.3, -0.25) is 0 Å². The second-order valence-electron chi connectivity index (χ2n) is 5.24. The minimum atomic E-state index is 0.498. The van der Waals surface area contributed by atoms with E-state index in [0.29, 0.717) is 6.04 Å². The van der Waals surface area contributed by atoms with Crippen LogP contribution >= 0.6 is 15.9 Å². The molecule has 0 radical (unpaired) electrons. The molecule has 18 heavy (non-hydrogen) atoms. The first kappa shape index (κ1) is 12.5. The SMILES string of the molecule is CCCNC1CCCc2c3c(cc(Br)c21)CCO3. The second kappa shape index (κ2) is 5.22. The van der Waals surface area contributed by atoms with Crippen LogP contribution in [0.2, 0.25) is 0 Å². The topological polar surface area (TPSA) is 21.3 Å². The maximum Gasteiger partial charge on any atom is 0.126 e. The minimum absolute atomic E-state index is 0.498. The molecule has 0 saturated heterocycles. The average Bonchev–Trinajstić information content (AvgIpc) is 2.84. The third-order valence-electron chi connectivity index (χ3n) is 3.98. The highest BCUT2D eigenvalue weighted by atomic mass is 79.9. The molecule has 1 heterocycles. The first-order valence-electron chi connectivity index (χ1n) is 7.01. The van der Waals surface area contributed by atoms with Crippen LogP contribution in [0.1, 0.15) is 48.9 Å². The van der Waals surface area contributed by atoms with Gasteiger partial charge in [-0.15, -0.1) is 0 Å². The van der Waals surface area contributed by atoms with Gasteiger partial charge in [-0.05, 0) is 49.4 Å². The lowest BCUT2D eigenvalue weighted by Gasteiger charge is -2.29. The lowest BCUT2D eigenvalue weighted by Crippen LogP contribution is -2.26. The van der Waals surface area contributed by atoms with Crippen molar-refractivity contribution >= 4 is 15.9 Å². The van der Waals surface area contributed by atoms with E-state index in [1.54, 1.807) is 0 Å². The Morgan fingerprint density at radius 2 is 2.33 bits per heavy atom. The first-order valence-corrected chi connectivity index (χ1v) is 7.81. The molecule has 1 N–H and O–H groups in total. The second-order valence-corrected chi connectivity index (χ2v) is 6.09. The Bertz CT molecular complexity index is 458. The molecule has 3 rings (SSSR count). The molecular weight excluding hydrogens is 290 g/mol. The zero-order valence-electron chi connectivity index (χ0n) is 10.9. The van der Waals surface area contributed by atoms with Crippen LogP contribution in [-0.2, 0) is 12.8 Å². The largest absolute Gasteiger partial charge is 0.493 e. The molecule has 1 atom stereocenters. The molecule has 2 aliphatic rings. The van der Waals surface area contributed by atoms with Crippen molar-refractivity contribution in [3.05, 3.63) is 27.2 Å². The Morgan fingerprint density at radius 3 is 3.17 bits per heavy atom. The summed E-state index contributed by atoms with van der Waals surface area (Å²) >= 11 is 3.77. The third kappa shape index (κ3) is 2.08. The van der Waals surface area contributed by atoms with Crippen LogP contribution in [0.3, 0.4) is 0 Å². The quantitative estimate of drug-likeness (QED) is 0.918. The van der Waals surface area contributed by atoms with E-state index in [0.717, 1.165) is 19.6 Å². The van der Waals surface area contributed by atoms with Crippen molar-refractivity contribution < 1.29 is 4.74 Å². The number of fused-ring (bicyclic) bond motifs is 3. The van der Waals surface area contributed by atoms with E-state index in [2.05, 4.69) is 34.2 Å². The Balaban J connectivity index is 2.01. The van der Waals surface area contributed by atoms with Gasteiger partial charge in [0.2, 0.25) is 0 Å². The molecule has 1 aromatic rings. The molecule has 0 bridgehead atoms. The Labute approximate surface area is 117 Å². The number of halogens is 1. The van der Waals surface area contributed by atoms with Crippen molar-refractivity contribution in [2.24, 2.45) is 0 Å². The summed E-state index contributed by atoms with van der Waals surface area (Å²) in [6.07, 6.45) is 5.92. The van der Waals surface area contributed by atoms with Crippen molar-refractivity contribution in [2.75, 3.05) is 13.2 Å². The normalized spacial score (nSPS) is 21.3. The van der Waals surface area contributed by atoms with Crippen molar-refractivity contribution in [3.63, 3.8) is 0 Å². The standard InChI is InChI=1S/C15H20BrNO/c1-2-7-17-13-5-3-4-11-14(13)12(16)9-10-6-8-18-15(10)11/h9,13,17H,2-8H2,1H3. The number of hydrogen-bond donors (Lipinski definition) is 1. The molecule has 0 spiro atoms. The Morgan fingerprint density at radius 1 is 1.44 bits per heavy atom. The van der Waals surface area contributed by atoms with Crippen LogP contribution in [0.25, 0.3) is 0 Å². The molecule has 1 aliphatic heterocycles. The maximum atomic E-state index is 5.86. The van der Waals surface area contributed by atoms with E-state index in [-0.39, 0.29) is 0 Å². The molecule has 1 unspecified atom stereocenters. The smallest absolute Gasteiger partial charge is 0.126 e. The van der Waals surface area contributed by atoms with Gasteiger partial charge in [0.15, 0.2) is 0 Å². The number of hydrogen-bond acceptors (Lipinski definition) is 2. The van der Waals surface area contributed by atoms with E-state index in [9.17, 15) is 0 Å². The first-order chi connectivity index (χ1) is 8.81. The Hall–Kier alpha value is -0.540. The van der Waals surface area contributed by atoms with Crippen molar-refractivity contribution in [2.45, 2.75) is 45.1 Å². The molecule has 0 amide bonds. The van der Waals surface area contributed by atoms with Crippen molar-refractivity contribution in [1.82, 2.24) is 5.32 Å². The van der Waals surface area contributed by atoms with Crippen LogP contribution < -0.4 is 10.1 Å². The molecule has 3 heteroatoms. The van der Waals surface area contributed by atoms with E-state index >= 15 is 0 Å². The number of benzene rings is 1. The fraction of sp³-hybridized carbons (Fsp3) is 0.600. The summed E-state index contributed by atoms with van der Waals surface area (Å²) in [7, 11) is 0. The molecule has 2 nitrogen and oxygen atoms in total. The average molecular weight is 310 g/mol. The van der Waals surface area contributed by atoms with Gasteiger partial charge in [0.1, 0.15) is 5.75 Å². The van der Waals surface area contributed by atoms with Crippen LogP contribution in [0.4, 0.5) is 0 Å². The predicted octanol–water partition coefficient (Wildman–Crippen LogP) is 3.76. The highest BCUT2D eigenvalue weighted by Crippen LogP contribution is 2.43. The summed E-state index contributed by atoms with van der Waals surface area (Å²) in [6.45, 7) is 4.16. The molecular formula is C15H20BrNO. The molecule has 98 valence electrons. The predicted molar refractivity (Wildman–Crippen MR) is 77.3 cm³/mol. The van der Waals surface area contributed by atoms with Crippen LogP contribution in [-0.4, -0.2) is 13.2 Å². The van der Waals surface area contributed by atoms with E-state index in [1.807, 2.05) is 0 Å². The van der Waals surface area contributed by atoms with E-state index < -0.39 is 0 Å². The van der Waals surface area contributed by atoms with Gasteiger partial charge in [0, 0.05) is 22.5 Å². The van der Waals surface area contributed by atoms with Gasteiger partial charge >= 0.3 is 0 Å². The fourth-order valence-electron chi connectivity index (χ4n) is 3.16. The highest BCUT2D eigenvalue weighted by Gasteiger charge is 2.28. The molecule has 1 aromatic carbocycles. The lowest BCUT2D eigenvalue weighted by molar-refractivity contribution is 0.348.